The molecule has 0 amide bonds. The molecule has 16 heavy (non-hydrogen) atoms. The van der Waals surface area contributed by atoms with Crippen molar-refractivity contribution in [1.82, 2.24) is 4.90 Å². The monoisotopic (exact) mass is 215 g/mol. The maximum Gasteiger partial charge on any atom is 0.0612 e. The van der Waals surface area contributed by atoms with Crippen molar-refractivity contribution >= 4 is 11.9 Å². The van der Waals surface area contributed by atoms with Gasteiger partial charge < -0.3 is 9.80 Å². The number of anilines is 1. The van der Waals surface area contributed by atoms with Crippen LogP contribution in [0.4, 0.5) is 5.69 Å². The van der Waals surface area contributed by atoms with Crippen LogP contribution in [0, 0.1) is 0 Å². The van der Waals surface area contributed by atoms with Gasteiger partial charge in [-0.1, -0.05) is 18.2 Å². The topological polar surface area (TPSA) is 18.8 Å². The van der Waals surface area contributed by atoms with Crippen molar-refractivity contribution in [2.24, 2.45) is 4.99 Å². The Labute approximate surface area is 96.4 Å². The fourth-order valence-electron chi connectivity index (χ4n) is 2.62. The SMILES string of the molecule is CN1CCN2c3ccccc3C=NC[C@@H]2C1. The Kier molecular flexibility index (Phi) is 2.40. The fraction of sp³-hybridized carbons (Fsp3) is 0.462. The number of fused-ring (bicyclic) bond motifs is 3. The molecule has 0 aromatic heterocycles. The first-order valence-electron chi connectivity index (χ1n) is 5.88. The maximum absolute atomic E-state index is 4.54. The van der Waals surface area contributed by atoms with Crippen LogP contribution in [-0.4, -0.2) is 50.4 Å². The zero-order valence-electron chi connectivity index (χ0n) is 9.63. The molecule has 2 aliphatic heterocycles. The molecule has 1 saturated heterocycles. The number of piperazine rings is 1. The molecule has 2 heterocycles. The molecule has 1 fully saturated rings. The highest BCUT2D eigenvalue weighted by molar-refractivity contribution is 5.89. The molecule has 3 nitrogen and oxygen atoms in total. The van der Waals surface area contributed by atoms with Crippen molar-refractivity contribution in [1.29, 1.82) is 0 Å². The van der Waals surface area contributed by atoms with Crippen LogP contribution in [0.15, 0.2) is 29.3 Å². The van der Waals surface area contributed by atoms with E-state index in [0.717, 1.165) is 26.2 Å². The van der Waals surface area contributed by atoms with E-state index in [-0.39, 0.29) is 0 Å². The number of hydrogen-bond donors (Lipinski definition) is 0. The van der Waals surface area contributed by atoms with Crippen molar-refractivity contribution in [3.05, 3.63) is 29.8 Å². The summed E-state index contributed by atoms with van der Waals surface area (Å²) in [6.07, 6.45) is 2.02. The van der Waals surface area contributed by atoms with Gasteiger partial charge in [0, 0.05) is 37.1 Å². The third-order valence-electron chi connectivity index (χ3n) is 3.48. The molecule has 84 valence electrons. The van der Waals surface area contributed by atoms with Gasteiger partial charge in [-0.25, -0.2) is 0 Å². The Morgan fingerprint density at radius 2 is 2.12 bits per heavy atom. The molecular formula is C13H17N3. The lowest BCUT2D eigenvalue weighted by molar-refractivity contribution is 0.270. The van der Waals surface area contributed by atoms with Gasteiger partial charge in [0.25, 0.3) is 0 Å². The molecule has 0 aliphatic carbocycles. The average molecular weight is 215 g/mol. The van der Waals surface area contributed by atoms with Crippen molar-refractivity contribution in [2.75, 3.05) is 38.1 Å². The summed E-state index contributed by atoms with van der Waals surface area (Å²) in [6, 6.07) is 9.11. The fourth-order valence-corrected chi connectivity index (χ4v) is 2.62. The highest BCUT2D eigenvalue weighted by Gasteiger charge is 2.27. The first-order valence-corrected chi connectivity index (χ1v) is 5.88. The van der Waals surface area contributed by atoms with Crippen LogP contribution in [0.3, 0.4) is 0 Å². The molecule has 3 rings (SSSR count). The highest BCUT2D eigenvalue weighted by Crippen LogP contribution is 2.25. The van der Waals surface area contributed by atoms with Crippen molar-refractivity contribution in [3.63, 3.8) is 0 Å². The lowest BCUT2D eigenvalue weighted by Crippen LogP contribution is -2.53. The third-order valence-corrected chi connectivity index (χ3v) is 3.48. The first-order chi connectivity index (χ1) is 7.84. The smallest absolute Gasteiger partial charge is 0.0612 e. The maximum atomic E-state index is 4.54. The molecule has 0 saturated carbocycles. The van der Waals surface area contributed by atoms with Crippen molar-refractivity contribution in [2.45, 2.75) is 6.04 Å². The van der Waals surface area contributed by atoms with Crippen LogP contribution in [0.1, 0.15) is 5.56 Å². The molecule has 0 N–H and O–H groups in total. The van der Waals surface area contributed by atoms with Crippen LogP contribution >= 0.6 is 0 Å². The Morgan fingerprint density at radius 3 is 3.06 bits per heavy atom. The van der Waals surface area contributed by atoms with E-state index in [1.54, 1.807) is 0 Å². The molecule has 1 atom stereocenters. The summed E-state index contributed by atoms with van der Waals surface area (Å²) in [5.74, 6) is 0. The molecule has 0 bridgehead atoms. The number of para-hydroxylation sites is 1. The van der Waals surface area contributed by atoms with E-state index in [2.05, 4.69) is 46.1 Å². The standard InChI is InChI=1S/C13H17N3/c1-15-6-7-16-12(10-15)9-14-8-11-4-2-3-5-13(11)16/h2-5,8,12H,6-7,9-10H2,1H3/t12-/m1/s1. The summed E-state index contributed by atoms with van der Waals surface area (Å²) < 4.78 is 0. The van der Waals surface area contributed by atoms with Crippen LogP contribution in [0.5, 0.6) is 0 Å². The minimum atomic E-state index is 0.540. The van der Waals surface area contributed by atoms with Crippen molar-refractivity contribution in [3.8, 4) is 0 Å². The minimum Gasteiger partial charge on any atom is -0.364 e. The molecule has 3 heteroatoms. The van der Waals surface area contributed by atoms with Crippen molar-refractivity contribution < 1.29 is 0 Å². The summed E-state index contributed by atoms with van der Waals surface area (Å²) >= 11 is 0. The second kappa shape index (κ2) is 3.91. The zero-order valence-corrected chi connectivity index (χ0v) is 9.63. The van der Waals surface area contributed by atoms with Gasteiger partial charge in [-0.05, 0) is 13.1 Å². The minimum absolute atomic E-state index is 0.540. The van der Waals surface area contributed by atoms with E-state index < -0.39 is 0 Å². The van der Waals surface area contributed by atoms with E-state index in [9.17, 15) is 0 Å². The number of rotatable bonds is 0. The number of benzene rings is 1. The number of aliphatic imine (C=N–C) groups is 1. The van der Waals surface area contributed by atoms with Gasteiger partial charge in [0.05, 0.1) is 12.6 Å². The summed E-state index contributed by atoms with van der Waals surface area (Å²) in [4.78, 5) is 9.45. The molecule has 2 aliphatic rings. The van der Waals surface area contributed by atoms with Crippen LogP contribution in [-0.2, 0) is 0 Å². The van der Waals surface area contributed by atoms with Gasteiger partial charge in [-0.2, -0.15) is 0 Å². The van der Waals surface area contributed by atoms with Crippen LogP contribution in [0.25, 0.3) is 0 Å². The second-order valence-electron chi connectivity index (χ2n) is 4.66. The van der Waals surface area contributed by atoms with Gasteiger partial charge in [0.15, 0.2) is 0 Å². The quantitative estimate of drug-likeness (QED) is 0.648. The Bertz CT molecular complexity index is 413. The molecule has 1 aromatic carbocycles. The van der Waals surface area contributed by atoms with Gasteiger partial charge in [0.2, 0.25) is 0 Å². The third kappa shape index (κ3) is 1.61. The summed E-state index contributed by atoms with van der Waals surface area (Å²) in [5.41, 5.74) is 2.61. The molecular weight excluding hydrogens is 198 g/mol. The number of nitrogens with zero attached hydrogens (tertiary/aromatic N) is 3. The van der Waals surface area contributed by atoms with Gasteiger partial charge in [-0.15, -0.1) is 0 Å². The predicted octanol–water partition coefficient (Wildman–Crippen LogP) is 1.24. The predicted molar refractivity (Wildman–Crippen MR) is 67.5 cm³/mol. The van der Waals surface area contributed by atoms with Crippen LogP contribution in [0.2, 0.25) is 0 Å². The lowest BCUT2D eigenvalue weighted by Gasteiger charge is -2.40. The summed E-state index contributed by atoms with van der Waals surface area (Å²) in [7, 11) is 2.19. The molecule has 0 radical (unpaired) electrons. The van der Waals surface area contributed by atoms with Gasteiger partial charge in [0.1, 0.15) is 0 Å². The molecule has 0 unspecified atom stereocenters. The van der Waals surface area contributed by atoms with Crippen LogP contribution < -0.4 is 4.90 Å². The Morgan fingerprint density at radius 1 is 1.25 bits per heavy atom. The van der Waals surface area contributed by atoms with E-state index >= 15 is 0 Å². The largest absolute Gasteiger partial charge is 0.364 e. The zero-order chi connectivity index (χ0) is 11.0. The van der Waals surface area contributed by atoms with Gasteiger partial charge >= 0.3 is 0 Å². The van der Waals surface area contributed by atoms with E-state index in [1.807, 2.05) is 6.21 Å². The van der Waals surface area contributed by atoms with Gasteiger partial charge in [-0.3, -0.25) is 4.99 Å². The average Bonchev–Trinajstić information content (AvgIpc) is 2.47. The Balaban J connectivity index is 1.99. The normalized spacial score (nSPS) is 24.8. The second-order valence-corrected chi connectivity index (χ2v) is 4.66. The molecule has 0 spiro atoms. The highest BCUT2D eigenvalue weighted by atomic mass is 15.3. The first kappa shape index (κ1) is 9.85. The lowest BCUT2D eigenvalue weighted by atomic mass is 10.1. The Hall–Kier alpha value is -1.35. The van der Waals surface area contributed by atoms with E-state index in [4.69, 9.17) is 0 Å². The number of likely N-dealkylation sites (N-methyl/N-ethyl adjacent to an activating group) is 1. The number of hydrogen-bond acceptors (Lipinski definition) is 3. The summed E-state index contributed by atoms with van der Waals surface area (Å²) in [5, 5.41) is 0. The van der Waals surface area contributed by atoms with E-state index in [1.165, 1.54) is 11.3 Å². The summed E-state index contributed by atoms with van der Waals surface area (Å²) in [6.45, 7) is 4.29. The molecule has 1 aromatic rings. The van der Waals surface area contributed by atoms with E-state index in [0.29, 0.717) is 6.04 Å².